The van der Waals surface area contributed by atoms with E-state index in [1.165, 1.54) is 31.4 Å². The Kier molecular flexibility index (Phi) is 3.72. The molecular weight excluding hydrogens is 386 g/mol. The second-order valence-corrected chi connectivity index (χ2v) is 10.0. The number of piperidine rings is 1. The van der Waals surface area contributed by atoms with Gasteiger partial charge in [0.2, 0.25) is 5.95 Å². The Hall–Kier alpha value is -2.67. The molecule has 160 valence electrons. The standard InChI is InChI=1S/C24H29N7/c25-21-17-13-16(17)14-24(21)5-10-29(11-6-24)22-20-15-28-23(31(20)12-8-27-22)30-9-2-3-18-19(30)4-1-7-26-18/h1,4,7-8,12,15-17,21H,2-3,5-6,9-11,13-14,25H2/t16?,17?,21-/m1/s1. The predicted molar refractivity (Wildman–Crippen MR) is 121 cm³/mol. The van der Waals surface area contributed by atoms with Gasteiger partial charge in [0.1, 0.15) is 5.52 Å². The largest absolute Gasteiger partial charge is 0.355 e. The molecule has 2 N–H and O–H groups in total. The van der Waals surface area contributed by atoms with Gasteiger partial charge in [0.15, 0.2) is 5.82 Å². The lowest BCUT2D eigenvalue weighted by atomic mass is 9.72. The number of aryl methyl sites for hydroxylation is 1. The highest BCUT2D eigenvalue weighted by Gasteiger charge is 2.59. The zero-order chi connectivity index (χ0) is 20.6. The smallest absolute Gasteiger partial charge is 0.214 e. The molecule has 0 amide bonds. The molecular formula is C24H29N7. The van der Waals surface area contributed by atoms with Gasteiger partial charge in [0, 0.05) is 44.3 Å². The summed E-state index contributed by atoms with van der Waals surface area (Å²) in [6.45, 7) is 3.04. The zero-order valence-electron chi connectivity index (χ0n) is 17.8. The predicted octanol–water partition coefficient (Wildman–Crippen LogP) is 3.16. The number of fused-ring (bicyclic) bond motifs is 3. The Morgan fingerprint density at radius 1 is 1.06 bits per heavy atom. The van der Waals surface area contributed by atoms with Crippen LogP contribution >= 0.6 is 0 Å². The van der Waals surface area contributed by atoms with E-state index in [4.69, 9.17) is 15.7 Å². The molecule has 7 rings (SSSR count). The molecule has 1 saturated heterocycles. The first-order chi connectivity index (χ1) is 15.2. The van der Waals surface area contributed by atoms with Crippen molar-refractivity contribution < 1.29 is 0 Å². The first kappa shape index (κ1) is 18.0. The van der Waals surface area contributed by atoms with Crippen LogP contribution in [0.1, 0.15) is 37.8 Å². The summed E-state index contributed by atoms with van der Waals surface area (Å²) in [7, 11) is 0. The van der Waals surface area contributed by atoms with Crippen LogP contribution in [-0.2, 0) is 6.42 Å². The topological polar surface area (TPSA) is 75.6 Å². The van der Waals surface area contributed by atoms with Gasteiger partial charge >= 0.3 is 0 Å². The minimum absolute atomic E-state index is 0.380. The molecule has 3 fully saturated rings. The molecule has 7 nitrogen and oxygen atoms in total. The van der Waals surface area contributed by atoms with Crippen molar-refractivity contribution in [2.75, 3.05) is 29.4 Å². The third kappa shape index (κ3) is 2.59. The fraction of sp³-hybridized carbons (Fsp3) is 0.542. The molecule has 3 aromatic heterocycles. The van der Waals surface area contributed by atoms with Gasteiger partial charge in [-0.3, -0.25) is 9.38 Å². The van der Waals surface area contributed by atoms with Crippen molar-refractivity contribution >= 4 is 23.0 Å². The number of hydrogen-bond donors (Lipinski definition) is 1. The van der Waals surface area contributed by atoms with Crippen molar-refractivity contribution in [1.82, 2.24) is 19.4 Å². The maximum absolute atomic E-state index is 6.67. The van der Waals surface area contributed by atoms with Gasteiger partial charge in [0.25, 0.3) is 0 Å². The summed E-state index contributed by atoms with van der Waals surface area (Å²) in [5.74, 6) is 3.74. The quantitative estimate of drug-likeness (QED) is 0.693. The summed E-state index contributed by atoms with van der Waals surface area (Å²) in [6, 6.07) is 4.59. The lowest BCUT2D eigenvalue weighted by molar-refractivity contribution is 0.172. The van der Waals surface area contributed by atoms with Crippen LogP contribution in [0.3, 0.4) is 0 Å². The Bertz CT molecular complexity index is 1150. The molecule has 4 aliphatic rings. The highest BCUT2D eigenvalue weighted by atomic mass is 15.3. The van der Waals surface area contributed by atoms with Crippen LogP contribution in [0.25, 0.3) is 5.52 Å². The van der Waals surface area contributed by atoms with E-state index < -0.39 is 0 Å². The van der Waals surface area contributed by atoms with Crippen LogP contribution < -0.4 is 15.5 Å². The van der Waals surface area contributed by atoms with Gasteiger partial charge in [-0.15, -0.1) is 0 Å². The Morgan fingerprint density at radius 3 is 2.81 bits per heavy atom. The summed E-state index contributed by atoms with van der Waals surface area (Å²) in [5.41, 5.74) is 10.5. The number of nitrogens with two attached hydrogens (primary N) is 1. The summed E-state index contributed by atoms with van der Waals surface area (Å²) in [5, 5.41) is 0. The minimum atomic E-state index is 0.380. The van der Waals surface area contributed by atoms with E-state index in [0.717, 1.165) is 67.3 Å². The average Bonchev–Trinajstić information content (AvgIpc) is 3.35. The van der Waals surface area contributed by atoms with Gasteiger partial charge < -0.3 is 15.5 Å². The minimum Gasteiger partial charge on any atom is -0.355 e. The van der Waals surface area contributed by atoms with E-state index in [-0.39, 0.29) is 0 Å². The molecule has 2 aliphatic carbocycles. The first-order valence-electron chi connectivity index (χ1n) is 11.8. The number of imidazole rings is 1. The van der Waals surface area contributed by atoms with Gasteiger partial charge in [-0.1, -0.05) is 0 Å². The van der Waals surface area contributed by atoms with Gasteiger partial charge in [-0.2, -0.15) is 0 Å². The Labute approximate surface area is 182 Å². The van der Waals surface area contributed by atoms with Crippen molar-refractivity contribution in [2.24, 2.45) is 23.0 Å². The van der Waals surface area contributed by atoms with Crippen LogP contribution in [0.5, 0.6) is 0 Å². The summed E-state index contributed by atoms with van der Waals surface area (Å²) in [6.07, 6.45) is 15.1. The fourth-order valence-corrected chi connectivity index (χ4v) is 6.70. The van der Waals surface area contributed by atoms with Crippen molar-refractivity contribution in [3.05, 3.63) is 42.6 Å². The van der Waals surface area contributed by atoms with Gasteiger partial charge in [0.05, 0.1) is 17.6 Å². The molecule has 0 bridgehead atoms. The number of anilines is 3. The second-order valence-electron chi connectivity index (χ2n) is 10.0. The normalized spacial score (nSPS) is 28.7. The Balaban J connectivity index is 1.20. The van der Waals surface area contributed by atoms with E-state index >= 15 is 0 Å². The zero-order valence-corrected chi connectivity index (χ0v) is 17.8. The average molecular weight is 416 g/mol. The molecule has 2 saturated carbocycles. The van der Waals surface area contributed by atoms with Crippen LogP contribution in [0.15, 0.2) is 36.9 Å². The van der Waals surface area contributed by atoms with Crippen molar-refractivity contribution in [2.45, 2.75) is 44.6 Å². The third-order valence-corrected chi connectivity index (χ3v) is 8.49. The lowest BCUT2D eigenvalue weighted by Crippen LogP contribution is -2.48. The molecule has 0 aromatic carbocycles. The molecule has 5 heterocycles. The van der Waals surface area contributed by atoms with Crippen LogP contribution in [0.4, 0.5) is 17.5 Å². The Morgan fingerprint density at radius 2 is 1.97 bits per heavy atom. The number of hydrogen-bond acceptors (Lipinski definition) is 6. The summed E-state index contributed by atoms with van der Waals surface area (Å²) >= 11 is 0. The van der Waals surface area contributed by atoms with Crippen molar-refractivity contribution in [3.63, 3.8) is 0 Å². The lowest BCUT2D eigenvalue weighted by Gasteiger charge is -2.44. The van der Waals surface area contributed by atoms with E-state index in [1.54, 1.807) is 0 Å². The second kappa shape index (κ2) is 6.42. The molecule has 7 heteroatoms. The highest BCUT2D eigenvalue weighted by Crippen LogP contribution is 2.62. The van der Waals surface area contributed by atoms with Crippen molar-refractivity contribution in [1.29, 1.82) is 0 Å². The SMILES string of the molecule is N[C@@H]1C2CC2CC12CCN(c1nccn3c(N4CCCc5ncccc54)ncc13)CC2. The van der Waals surface area contributed by atoms with Gasteiger partial charge in [-0.25, -0.2) is 9.97 Å². The molecule has 0 radical (unpaired) electrons. The third-order valence-electron chi connectivity index (χ3n) is 8.49. The van der Waals surface area contributed by atoms with Gasteiger partial charge in [-0.05, 0) is 67.9 Å². The maximum Gasteiger partial charge on any atom is 0.214 e. The van der Waals surface area contributed by atoms with Crippen LogP contribution in [-0.4, -0.2) is 45.0 Å². The molecule has 3 atom stereocenters. The number of pyridine rings is 1. The van der Waals surface area contributed by atoms with Crippen LogP contribution in [0, 0.1) is 17.3 Å². The van der Waals surface area contributed by atoms with Crippen LogP contribution in [0.2, 0.25) is 0 Å². The number of rotatable bonds is 2. The van der Waals surface area contributed by atoms with Crippen molar-refractivity contribution in [3.8, 4) is 0 Å². The molecule has 2 aliphatic heterocycles. The molecule has 1 spiro atoms. The molecule has 31 heavy (non-hydrogen) atoms. The monoisotopic (exact) mass is 415 g/mol. The van der Waals surface area contributed by atoms with E-state index in [0.29, 0.717) is 11.5 Å². The maximum atomic E-state index is 6.67. The fourth-order valence-electron chi connectivity index (χ4n) is 6.70. The van der Waals surface area contributed by atoms with E-state index in [9.17, 15) is 0 Å². The van der Waals surface area contributed by atoms with E-state index in [2.05, 4.69) is 25.3 Å². The van der Waals surface area contributed by atoms with E-state index in [1.807, 2.05) is 30.9 Å². The molecule has 2 unspecified atom stereocenters. The number of aromatic nitrogens is 4. The molecule has 3 aromatic rings. The highest BCUT2D eigenvalue weighted by molar-refractivity contribution is 5.73. The summed E-state index contributed by atoms with van der Waals surface area (Å²) in [4.78, 5) is 19.0. The summed E-state index contributed by atoms with van der Waals surface area (Å²) < 4.78 is 2.20. The number of nitrogens with zero attached hydrogens (tertiary/aromatic N) is 6. The first-order valence-corrected chi connectivity index (χ1v) is 11.8.